The van der Waals surface area contributed by atoms with Gasteiger partial charge in [-0.3, -0.25) is 4.79 Å². The number of hydrogen-bond acceptors (Lipinski definition) is 4. The van der Waals surface area contributed by atoms with E-state index in [0.29, 0.717) is 6.42 Å². The van der Waals surface area contributed by atoms with Gasteiger partial charge in [-0.05, 0) is 12.3 Å². The van der Waals surface area contributed by atoms with Gasteiger partial charge < -0.3 is 14.9 Å². The molecule has 0 aliphatic heterocycles. The summed E-state index contributed by atoms with van der Waals surface area (Å²) in [6.45, 7) is 3.93. The van der Waals surface area contributed by atoms with Gasteiger partial charge >= 0.3 is 5.97 Å². The molecule has 0 radical (unpaired) electrons. The monoisotopic (exact) mass is 246 g/mol. The molecule has 0 bridgehead atoms. The highest BCUT2D eigenvalue weighted by Crippen LogP contribution is 2.14. The van der Waals surface area contributed by atoms with Gasteiger partial charge in [0.15, 0.2) is 0 Å². The predicted octanol–water partition coefficient (Wildman–Crippen LogP) is 1.88. The van der Waals surface area contributed by atoms with Crippen LogP contribution >= 0.6 is 0 Å². The average molecular weight is 246 g/mol. The molecule has 0 rings (SSSR count). The van der Waals surface area contributed by atoms with Crippen LogP contribution in [0.1, 0.15) is 52.4 Å². The van der Waals surface area contributed by atoms with Gasteiger partial charge in [-0.15, -0.1) is 0 Å². The second-order valence-corrected chi connectivity index (χ2v) is 4.66. The van der Waals surface area contributed by atoms with Crippen LogP contribution in [-0.2, 0) is 9.53 Å². The molecule has 102 valence electrons. The van der Waals surface area contributed by atoms with Gasteiger partial charge in [-0.25, -0.2) is 0 Å². The van der Waals surface area contributed by atoms with E-state index in [1.807, 2.05) is 0 Å². The molecule has 0 saturated carbocycles. The summed E-state index contributed by atoms with van der Waals surface area (Å²) in [5.41, 5.74) is 0. The molecule has 0 aromatic rings. The standard InChI is InChI=1S/C13H26O4/c1-3-6-11(2)7-4-5-8-13(16)17-10-12(15)9-14/h11-12,14-15H,3-10H2,1-2H3/t11-,12-/m0/s1. The number of aliphatic hydroxyl groups is 2. The maximum atomic E-state index is 11.2. The Hall–Kier alpha value is -0.610. The molecular weight excluding hydrogens is 220 g/mol. The number of esters is 1. The van der Waals surface area contributed by atoms with E-state index in [1.165, 1.54) is 12.8 Å². The zero-order chi connectivity index (χ0) is 13.1. The Morgan fingerprint density at radius 2 is 2.00 bits per heavy atom. The van der Waals surface area contributed by atoms with Crippen LogP contribution < -0.4 is 0 Å². The third kappa shape index (κ3) is 10.3. The SMILES string of the molecule is CCC[C@H](C)CCCCC(=O)OC[C@@H](O)CO. The third-order valence-corrected chi connectivity index (χ3v) is 2.76. The number of carbonyl (C=O) groups excluding carboxylic acids is 1. The van der Waals surface area contributed by atoms with Gasteiger partial charge in [0, 0.05) is 6.42 Å². The lowest BCUT2D eigenvalue weighted by atomic mass is 9.99. The van der Waals surface area contributed by atoms with Crippen molar-refractivity contribution in [2.75, 3.05) is 13.2 Å². The second kappa shape index (κ2) is 10.5. The number of unbranched alkanes of at least 4 members (excludes halogenated alkanes) is 1. The van der Waals surface area contributed by atoms with Crippen LogP contribution in [0.2, 0.25) is 0 Å². The molecule has 0 saturated heterocycles. The largest absolute Gasteiger partial charge is 0.463 e. The molecule has 0 spiro atoms. The first-order valence-corrected chi connectivity index (χ1v) is 6.54. The molecule has 0 heterocycles. The van der Waals surface area contributed by atoms with E-state index in [2.05, 4.69) is 13.8 Å². The lowest BCUT2D eigenvalue weighted by molar-refractivity contribution is -0.147. The Balaban J connectivity index is 3.39. The molecule has 0 aliphatic carbocycles. The predicted molar refractivity (Wildman–Crippen MR) is 66.6 cm³/mol. The van der Waals surface area contributed by atoms with Gasteiger partial charge in [0.1, 0.15) is 12.7 Å². The average Bonchev–Trinajstić information content (AvgIpc) is 2.32. The minimum atomic E-state index is -0.955. The fourth-order valence-electron chi connectivity index (χ4n) is 1.71. The van der Waals surface area contributed by atoms with Gasteiger partial charge in [0.05, 0.1) is 6.61 Å². The normalized spacial score (nSPS) is 14.4. The summed E-state index contributed by atoms with van der Waals surface area (Å²) in [5, 5.41) is 17.5. The summed E-state index contributed by atoms with van der Waals surface area (Å²) < 4.78 is 4.80. The van der Waals surface area contributed by atoms with E-state index in [-0.39, 0.29) is 19.2 Å². The minimum Gasteiger partial charge on any atom is -0.463 e. The van der Waals surface area contributed by atoms with Crippen LogP contribution in [0.25, 0.3) is 0 Å². The smallest absolute Gasteiger partial charge is 0.305 e. The highest BCUT2D eigenvalue weighted by Gasteiger charge is 2.08. The van der Waals surface area contributed by atoms with Crippen molar-refractivity contribution in [3.63, 3.8) is 0 Å². The zero-order valence-electron chi connectivity index (χ0n) is 11.0. The molecule has 0 aromatic carbocycles. The number of rotatable bonds is 10. The maximum Gasteiger partial charge on any atom is 0.305 e. The highest BCUT2D eigenvalue weighted by atomic mass is 16.5. The van der Waals surface area contributed by atoms with Crippen LogP contribution in [0.5, 0.6) is 0 Å². The van der Waals surface area contributed by atoms with Crippen LogP contribution in [0, 0.1) is 5.92 Å². The number of aliphatic hydroxyl groups excluding tert-OH is 2. The maximum absolute atomic E-state index is 11.2. The number of ether oxygens (including phenoxy) is 1. The quantitative estimate of drug-likeness (QED) is 0.456. The summed E-state index contributed by atoms with van der Waals surface area (Å²) in [4.78, 5) is 11.2. The molecular formula is C13H26O4. The first-order valence-electron chi connectivity index (χ1n) is 6.54. The van der Waals surface area contributed by atoms with Gasteiger partial charge in [-0.2, -0.15) is 0 Å². The van der Waals surface area contributed by atoms with Crippen LogP contribution in [-0.4, -0.2) is 35.5 Å². The molecule has 2 N–H and O–H groups in total. The van der Waals surface area contributed by atoms with Gasteiger partial charge in [-0.1, -0.05) is 39.5 Å². The van der Waals surface area contributed by atoms with Crippen molar-refractivity contribution < 1.29 is 19.7 Å². The van der Waals surface area contributed by atoms with Crippen molar-refractivity contribution >= 4 is 5.97 Å². The molecule has 0 amide bonds. The van der Waals surface area contributed by atoms with Crippen molar-refractivity contribution in [2.24, 2.45) is 5.92 Å². The first kappa shape index (κ1) is 16.4. The Bertz CT molecular complexity index is 194. The molecule has 4 heteroatoms. The first-order chi connectivity index (χ1) is 8.10. The summed E-state index contributed by atoms with van der Waals surface area (Å²) in [6.07, 6.45) is 4.93. The Kier molecular flexibility index (Phi) is 10.2. The summed E-state index contributed by atoms with van der Waals surface area (Å²) >= 11 is 0. The Morgan fingerprint density at radius 3 is 2.59 bits per heavy atom. The van der Waals surface area contributed by atoms with Crippen LogP contribution in [0.4, 0.5) is 0 Å². The molecule has 0 fully saturated rings. The molecule has 17 heavy (non-hydrogen) atoms. The van der Waals surface area contributed by atoms with Crippen molar-refractivity contribution in [2.45, 2.75) is 58.5 Å². The van der Waals surface area contributed by atoms with Crippen molar-refractivity contribution in [3.8, 4) is 0 Å². The van der Waals surface area contributed by atoms with Crippen molar-refractivity contribution in [3.05, 3.63) is 0 Å². The summed E-state index contributed by atoms with van der Waals surface area (Å²) in [6, 6.07) is 0. The van der Waals surface area contributed by atoms with E-state index in [9.17, 15) is 4.79 Å². The fourth-order valence-corrected chi connectivity index (χ4v) is 1.71. The van der Waals surface area contributed by atoms with Gasteiger partial charge in [0.2, 0.25) is 0 Å². The molecule has 0 aliphatic rings. The molecule has 0 unspecified atom stereocenters. The molecule has 0 aromatic heterocycles. The van der Waals surface area contributed by atoms with E-state index in [4.69, 9.17) is 14.9 Å². The van der Waals surface area contributed by atoms with E-state index in [1.54, 1.807) is 0 Å². The second-order valence-electron chi connectivity index (χ2n) is 4.66. The minimum absolute atomic E-state index is 0.110. The van der Waals surface area contributed by atoms with Gasteiger partial charge in [0.25, 0.3) is 0 Å². The Labute approximate surface area is 104 Å². The van der Waals surface area contributed by atoms with E-state index >= 15 is 0 Å². The lowest BCUT2D eigenvalue weighted by Gasteiger charge is -2.10. The van der Waals surface area contributed by atoms with Crippen molar-refractivity contribution in [1.82, 2.24) is 0 Å². The number of hydrogen-bond donors (Lipinski definition) is 2. The summed E-state index contributed by atoms with van der Waals surface area (Å²) in [7, 11) is 0. The van der Waals surface area contributed by atoms with Crippen LogP contribution in [0.15, 0.2) is 0 Å². The summed E-state index contributed by atoms with van der Waals surface area (Å²) in [5.74, 6) is 0.438. The van der Waals surface area contributed by atoms with Crippen LogP contribution in [0.3, 0.4) is 0 Å². The molecule has 2 atom stereocenters. The number of carbonyl (C=O) groups is 1. The van der Waals surface area contributed by atoms with E-state index in [0.717, 1.165) is 25.2 Å². The third-order valence-electron chi connectivity index (χ3n) is 2.76. The zero-order valence-corrected chi connectivity index (χ0v) is 11.0. The fraction of sp³-hybridized carbons (Fsp3) is 0.923. The highest BCUT2D eigenvalue weighted by molar-refractivity contribution is 5.69. The lowest BCUT2D eigenvalue weighted by Crippen LogP contribution is -2.21. The van der Waals surface area contributed by atoms with Crippen molar-refractivity contribution in [1.29, 1.82) is 0 Å². The topological polar surface area (TPSA) is 66.8 Å². The molecule has 4 nitrogen and oxygen atoms in total. The van der Waals surface area contributed by atoms with E-state index < -0.39 is 6.10 Å². The Morgan fingerprint density at radius 1 is 1.29 bits per heavy atom.